The molecule has 110 valence electrons. The van der Waals surface area contributed by atoms with Gasteiger partial charge in [0.05, 0.1) is 18.4 Å². The minimum atomic E-state index is 0.0691. The molecule has 0 aromatic heterocycles. The van der Waals surface area contributed by atoms with E-state index in [9.17, 15) is 9.59 Å². The number of fused-ring (bicyclic) bond motifs is 1. The third-order valence-corrected chi connectivity index (χ3v) is 4.31. The van der Waals surface area contributed by atoms with Crippen LogP contribution in [0.3, 0.4) is 0 Å². The summed E-state index contributed by atoms with van der Waals surface area (Å²) in [5.74, 6) is 0.340. The van der Waals surface area contributed by atoms with Gasteiger partial charge in [0.2, 0.25) is 11.8 Å². The lowest BCUT2D eigenvalue weighted by molar-refractivity contribution is -0.130. The average molecular weight is 278 g/mol. The molecular weight excluding hydrogens is 256 g/mol. The Balaban J connectivity index is 1.80. The highest BCUT2D eigenvalue weighted by Gasteiger charge is 2.40. The van der Waals surface area contributed by atoms with Crippen molar-refractivity contribution in [2.45, 2.75) is 31.7 Å². The molecule has 2 rings (SSSR count). The first-order chi connectivity index (χ1) is 9.63. The first kappa shape index (κ1) is 14.8. The first-order valence-corrected chi connectivity index (χ1v) is 7.26. The highest BCUT2D eigenvalue weighted by molar-refractivity contribution is 5.82. The molecule has 0 bridgehead atoms. The minimum Gasteiger partial charge on any atom is -0.354 e. The minimum absolute atomic E-state index is 0.0691. The van der Waals surface area contributed by atoms with Crippen molar-refractivity contribution in [1.29, 1.82) is 5.26 Å². The Bertz CT molecular complexity index is 418. The summed E-state index contributed by atoms with van der Waals surface area (Å²) in [4.78, 5) is 27.5. The molecule has 20 heavy (non-hydrogen) atoms. The number of rotatable bonds is 5. The van der Waals surface area contributed by atoms with Gasteiger partial charge in [0, 0.05) is 39.1 Å². The number of piperidine rings is 1. The number of nitriles is 1. The summed E-state index contributed by atoms with van der Waals surface area (Å²) >= 11 is 0. The van der Waals surface area contributed by atoms with Crippen molar-refractivity contribution >= 4 is 11.8 Å². The molecule has 2 atom stereocenters. The summed E-state index contributed by atoms with van der Waals surface area (Å²) in [5.41, 5.74) is 0. The van der Waals surface area contributed by atoms with Gasteiger partial charge in [-0.2, -0.15) is 5.26 Å². The summed E-state index contributed by atoms with van der Waals surface area (Å²) in [5, 5.41) is 11.4. The van der Waals surface area contributed by atoms with E-state index >= 15 is 0 Å². The predicted molar refractivity (Wildman–Crippen MR) is 73.6 cm³/mol. The predicted octanol–water partition coefficient (Wildman–Crippen LogP) is -0.0410. The lowest BCUT2D eigenvalue weighted by Crippen LogP contribution is -2.46. The second-order valence-electron chi connectivity index (χ2n) is 5.57. The Kier molecular flexibility index (Phi) is 4.96. The quantitative estimate of drug-likeness (QED) is 0.765. The molecule has 6 nitrogen and oxygen atoms in total. The first-order valence-electron chi connectivity index (χ1n) is 7.26. The van der Waals surface area contributed by atoms with Crippen LogP contribution in [0.15, 0.2) is 0 Å². The smallest absolute Gasteiger partial charge is 0.224 e. The molecule has 2 saturated heterocycles. The van der Waals surface area contributed by atoms with E-state index in [-0.39, 0.29) is 23.8 Å². The zero-order chi connectivity index (χ0) is 14.5. The van der Waals surface area contributed by atoms with Crippen LogP contribution in [0.25, 0.3) is 0 Å². The van der Waals surface area contributed by atoms with Gasteiger partial charge in [-0.25, -0.2) is 0 Å². The van der Waals surface area contributed by atoms with Crippen molar-refractivity contribution in [3.8, 4) is 6.07 Å². The number of amides is 2. The maximum absolute atomic E-state index is 12.0. The van der Waals surface area contributed by atoms with Crippen molar-refractivity contribution in [2.75, 3.05) is 33.2 Å². The van der Waals surface area contributed by atoms with Crippen molar-refractivity contribution < 1.29 is 9.59 Å². The third-order valence-electron chi connectivity index (χ3n) is 4.31. The molecule has 0 saturated carbocycles. The Morgan fingerprint density at radius 2 is 2.40 bits per heavy atom. The van der Waals surface area contributed by atoms with Gasteiger partial charge in [-0.05, 0) is 19.4 Å². The molecule has 2 fully saturated rings. The van der Waals surface area contributed by atoms with Crippen LogP contribution in [-0.4, -0.2) is 60.9 Å². The number of carbonyl (C=O) groups excluding carboxylic acids is 2. The third kappa shape index (κ3) is 3.28. The molecule has 6 heteroatoms. The van der Waals surface area contributed by atoms with Crippen LogP contribution in [-0.2, 0) is 9.59 Å². The fourth-order valence-electron chi connectivity index (χ4n) is 3.09. The van der Waals surface area contributed by atoms with Gasteiger partial charge in [-0.15, -0.1) is 0 Å². The van der Waals surface area contributed by atoms with Gasteiger partial charge in [0.15, 0.2) is 0 Å². The number of likely N-dealkylation sites (tertiary alicyclic amines) is 1. The molecule has 2 unspecified atom stereocenters. The molecule has 2 amide bonds. The average Bonchev–Trinajstić information content (AvgIpc) is 2.84. The van der Waals surface area contributed by atoms with Crippen molar-refractivity contribution in [3.63, 3.8) is 0 Å². The van der Waals surface area contributed by atoms with E-state index in [1.165, 1.54) is 0 Å². The van der Waals surface area contributed by atoms with Crippen LogP contribution >= 0.6 is 0 Å². The van der Waals surface area contributed by atoms with Crippen LogP contribution in [0, 0.1) is 17.2 Å². The van der Waals surface area contributed by atoms with E-state index < -0.39 is 0 Å². The largest absolute Gasteiger partial charge is 0.354 e. The molecule has 0 spiro atoms. The summed E-state index contributed by atoms with van der Waals surface area (Å²) in [6.45, 7) is 2.86. The van der Waals surface area contributed by atoms with Crippen molar-refractivity contribution in [3.05, 3.63) is 0 Å². The molecule has 2 heterocycles. The maximum atomic E-state index is 12.0. The topological polar surface area (TPSA) is 76.4 Å². The van der Waals surface area contributed by atoms with E-state index in [0.717, 1.165) is 19.4 Å². The van der Waals surface area contributed by atoms with Gasteiger partial charge in [-0.1, -0.05) is 0 Å². The van der Waals surface area contributed by atoms with Crippen LogP contribution < -0.4 is 5.32 Å². The van der Waals surface area contributed by atoms with Crippen molar-refractivity contribution in [2.24, 2.45) is 5.92 Å². The molecule has 2 aliphatic rings. The van der Waals surface area contributed by atoms with Crippen LogP contribution in [0.2, 0.25) is 0 Å². The van der Waals surface area contributed by atoms with Crippen LogP contribution in [0.1, 0.15) is 25.7 Å². The lowest BCUT2D eigenvalue weighted by atomic mass is 9.91. The Morgan fingerprint density at radius 3 is 3.15 bits per heavy atom. The number of hydrogen-bond donors (Lipinski definition) is 1. The number of hydrogen-bond acceptors (Lipinski definition) is 4. The van der Waals surface area contributed by atoms with Crippen molar-refractivity contribution in [1.82, 2.24) is 15.1 Å². The normalized spacial score (nSPS) is 25.7. The lowest BCUT2D eigenvalue weighted by Gasteiger charge is -2.35. The standard InChI is InChI=1S/C14H22N4O2/c1-17(7-3-6-15)13(19)5-9-18-8-2-4-11-12(18)10-16-14(11)20/h11-12H,2-5,7-10H2,1H3,(H,16,20). The maximum Gasteiger partial charge on any atom is 0.224 e. The summed E-state index contributed by atoms with van der Waals surface area (Å²) in [6.07, 6.45) is 2.81. The van der Waals surface area contributed by atoms with Crippen LogP contribution in [0.4, 0.5) is 0 Å². The fourth-order valence-corrected chi connectivity index (χ4v) is 3.09. The number of nitrogens with zero attached hydrogens (tertiary/aromatic N) is 3. The molecule has 0 aromatic carbocycles. The number of carbonyl (C=O) groups is 2. The van der Waals surface area contributed by atoms with E-state index in [1.807, 2.05) is 6.07 Å². The summed E-state index contributed by atoms with van der Waals surface area (Å²) in [6, 6.07) is 2.30. The number of nitrogens with one attached hydrogen (secondary N) is 1. The van der Waals surface area contributed by atoms with Gasteiger partial charge in [-0.3, -0.25) is 14.5 Å². The molecular formula is C14H22N4O2. The molecule has 1 N–H and O–H groups in total. The Hall–Kier alpha value is -1.61. The monoisotopic (exact) mass is 278 g/mol. The van der Waals surface area contributed by atoms with Gasteiger partial charge in [0.25, 0.3) is 0 Å². The molecule has 0 aromatic rings. The zero-order valence-electron chi connectivity index (χ0n) is 12.0. The molecule has 0 aliphatic carbocycles. The van der Waals surface area contributed by atoms with E-state index in [2.05, 4.69) is 10.2 Å². The molecule has 2 aliphatic heterocycles. The fraction of sp³-hybridized carbons (Fsp3) is 0.786. The van der Waals surface area contributed by atoms with E-state index in [4.69, 9.17) is 5.26 Å². The van der Waals surface area contributed by atoms with E-state index in [0.29, 0.717) is 32.5 Å². The second kappa shape index (κ2) is 6.71. The van der Waals surface area contributed by atoms with Gasteiger partial charge >= 0.3 is 0 Å². The zero-order valence-corrected chi connectivity index (χ0v) is 12.0. The highest BCUT2D eigenvalue weighted by atomic mass is 16.2. The SMILES string of the molecule is CN(CCC#N)C(=O)CCN1CCCC2C(=O)NCC21. The summed E-state index contributed by atoms with van der Waals surface area (Å²) in [7, 11) is 1.74. The summed E-state index contributed by atoms with van der Waals surface area (Å²) < 4.78 is 0. The Morgan fingerprint density at radius 1 is 1.60 bits per heavy atom. The van der Waals surface area contributed by atoms with Gasteiger partial charge in [0.1, 0.15) is 0 Å². The van der Waals surface area contributed by atoms with E-state index in [1.54, 1.807) is 11.9 Å². The van der Waals surface area contributed by atoms with Crippen LogP contribution in [0.5, 0.6) is 0 Å². The molecule has 0 radical (unpaired) electrons. The van der Waals surface area contributed by atoms with Gasteiger partial charge < -0.3 is 10.2 Å². The Labute approximate surface area is 119 Å². The second-order valence-corrected chi connectivity index (χ2v) is 5.57. The highest BCUT2D eigenvalue weighted by Crippen LogP contribution is 2.27.